The van der Waals surface area contributed by atoms with Gasteiger partial charge >= 0.3 is 0 Å². The van der Waals surface area contributed by atoms with Crippen LogP contribution in [-0.4, -0.2) is 4.98 Å². The second-order valence-electron chi connectivity index (χ2n) is 2.29. The predicted molar refractivity (Wildman–Crippen MR) is 54.1 cm³/mol. The zero-order valence-corrected chi connectivity index (χ0v) is 8.64. The summed E-state index contributed by atoms with van der Waals surface area (Å²) in [6.45, 7) is 3.60. The summed E-state index contributed by atoms with van der Waals surface area (Å²) >= 11 is 9.02. The zero-order chi connectivity index (χ0) is 9.14. The molecule has 0 aliphatic heterocycles. The van der Waals surface area contributed by atoms with Crippen molar-refractivity contribution in [2.24, 2.45) is 5.73 Å². The minimum atomic E-state index is -0.208. The van der Waals surface area contributed by atoms with Gasteiger partial charge in [0.1, 0.15) is 5.15 Å². The Bertz CT molecular complexity index is 301. The van der Waals surface area contributed by atoms with Crippen molar-refractivity contribution >= 4 is 27.5 Å². The van der Waals surface area contributed by atoms with Gasteiger partial charge in [-0.3, -0.25) is 0 Å². The standard InChI is InChI=1S/C8H8BrClN2/c1-2-7(11)5-3-8(10)12-4-6(5)9/h2-4,7H,1,11H2/t7-/m0/s1. The largest absolute Gasteiger partial charge is 0.321 e. The summed E-state index contributed by atoms with van der Waals surface area (Å²) < 4.78 is 0.847. The molecule has 0 unspecified atom stereocenters. The Hall–Kier alpha value is -0.380. The van der Waals surface area contributed by atoms with Crippen LogP contribution in [0.5, 0.6) is 0 Å². The van der Waals surface area contributed by atoms with Gasteiger partial charge in [-0.05, 0) is 27.6 Å². The quantitative estimate of drug-likeness (QED) is 0.645. The van der Waals surface area contributed by atoms with Gasteiger partial charge in [0.2, 0.25) is 0 Å². The Morgan fingerprint density at radius 3 is 3.00 bits per heavy atom. The Morgan fingerprint density at radius 2 is 2.42 bits per heavy atom. The van der Waals surface area contributed by atoms with E-state index in [9.17, 15) is 0 Å². The molecule has 2 nitrogen and oxygen atoms in total. The average molecular weight is 248 g/mol. The fourth-order valence-corrected chi connectivity index (χ4v) is 1.46. The number of hydrogen-bond donors (Lipinski definition) is 1. The lowest BCUT2D eigenvalue weighted by Gasteiger charge is -2.08. The number of rotatable bonds is 2. The van der Waals surface area contributed by atoms with Crippen molar-refractivity contribution < 1.29 is 0 Å². The molecule has 1 aromatic heterocycles. The molecule has 4 heteroatoms. The summed E-state index contributed by atoms with van der Waals surface area (Å²) in [5.74, 6) is 0. The Morgan fingerprint density at radius 1 is 1.75 bits per heavy atom. The fourth-order valence-electron chi connectivity index (χ4n) is 0.810. The molecule has 1 aromatic rings. The highest BCUT2D eigenvalue weighted by Crippen LogP contribution is 2.23. The molecule has 1 rings (SSSR count). The van der Waals surface area contributed by atoms with Crippen molar-refractivity contribution in [2.45, 2.75) is 6.04 Å². The number of nitrogens with zero attached hydrogens (tertiary/aromatic N) is 1. The number of nitrogens with two attached hydrogens (primary N) is 1. The molecule has 0 saturated heterocycles. The lowest BCUT2D eigenvalue weighted by atomic mass is 10.1. The van der Waals surface area contributed by atoms with E-state index in [1.165, 1.54) is 0 Å². The van der Waals surface area contributed by atoms with Crippen LogP contribution in [0.2, 0.25) is 5.15 Å². The van der Waals surface area contributed by atoms with E-state index in [4.69, 9.17) is 17.3 Å². The summed E-state index contributed by atoms with van der Waals surface area (Å²) in [6.07, 6.45) is 3.28. The molecule has 1 atom stereocenters. The van der Waals surface area contributed by atoms with Gasteiger partial charge in [0, 0.05) is 16.7 Å². The topological polar surface area (TPSA) is 38.9 Å². The Kier molecular flexibility index (Phi) is 3.26. The van der Waals surface area contributed by atoms with Gasteiger partial charge in [0.05, 0.1) is 0 Å². The smallest absolute Gasteiger partial charge is 0.129 e. The van der Waals surface area contributed by atoms with E-state index >= 15 is 0 Å². The Labute approximate surface area is 84.6 Å². The SMILES string of the molecule is C=C[C@H](N)c1cc(Cl)ncc1Br. The summed E-state index contributed by atoms with van der Waals surface area (Å²) in [6, 6.07) is 1.51. The molecule has 0 bridgehead atoms. The summed E-state index contributed by atoms with van der Waals surface area (Å²) in [4.78, 5) is 3.88. The molecule has 1 heterocycles. The van der Waals surface area contributed by atoms with Gasteiger partial charge in [0.25, 0.3) is 0 Å². The zero-order valence-electron chi connectivity index (χ0n) is 6.30. The van der Waals surface area contributed by atoms with E-state index in [1.54, 1.807) is 18.3 Å². The van der Waals surface area contributed by atoms with Crippen LogP contribution in [0.4, 0.5) is 0 Å². The lowest BCUT2D eigenvalue weighted by molar-refractivity contribution is 0.902. The minimum Gasteiger partial charge on any atom is -0.321 e. The first-order valence-corrected chi connectivity index (χ1v) is 4.51. The number of hydrogen-bond acceptors (Lipinski definition) is 2. The highest BCUT2D eigenvalue weighted by atomic mass is 79.9. The van der Waals surface area contributed by atoms with Gasteiger partial charge in [0.15, 0.2) is 0 Å². The first-order chi connectivity index (χ1) is 5.65. The van der Waals surface area contributed by atoms with Crippen molar-refractivity contribution in [2.75, 3.05) is 0 Å². The van der Waals surface area contributed by atoms with E-state index in [0.29, 0.717) is 5.15 Å². The van der Waals surface area contributed by atoms with Crippen LogP contribution < -0.4 is 5.73 Å². The lowest BCUT2D eigenvalue weighted by Crippen LogP contribution is -2.07. The third-order valence-electron chi connectivity index (χ3n) is 1.46. The first-order valence-electron chi connectivity index (χ1n) is 3.34. The minimum absolute atomic E-state index is 0.208. The van der Waals surface area contributed by atoms with E-state index < -0.39 is 0 Å². The van der Waals surface area contributed by atoms with Crippen molar-refractivity contribution in [1.82, 2.24) is 4.98 Å². The molecule has 0 radical (unpaired) electrons. The first kappa shape index (κ1) is 9.71. The van der Waals surface area contributed by atoms with Gasteiger partial charge in [-0.15, -0.1) is 6.58 Å². The molecule has 0 aliphatic rings. The van der Waals surface area contributed by atoms with Gasteiger partial charge in [-0.2, -0.15) is 0 Å². The number of halogens is 2. The van der Waals surface area contributed by atoms with Crippen LogP contribution in [-0.2, 0) is 0 Å². The molecule has 0 amide bonds. The maximum absolute atomic E-state index is 5.73. The van der Waals surface area contributed by atoms with Crippen LogP contribution in [0.15, 0.2) is 29.4 Å². The van der Waals surface area contributed by atoms with Crippen molar-refractivity contribution in [3.8, 4) is 0 Å². The predicted octanol–water partition coefficient (Wildman–Crippen LogP) is 2.68. The third-order valence-corrected chi connectivity index (χ3v) is 2.33. The molecule has 0 aliphatic carbocycles. The van der Waals surface area contributed by atoms with Crippen molar-refractivity contribution in [1.29, 1.82) is 0 Å². The van der Waals surface area contributed by atoms with E-state index in [0.717, 1.165) is 10.0 Å². The van der Waals surface area contributed by atoms with Crippen LogP contribution in [0.3, 0.4) is 0 Å². The van der Waals surface area contributed by atoms with E-state index in [-0.39, 0.29) is 6.04 Å². The highest BCUT2D eigenvalue weighted by Gasteiger charge is 2.06. The van der Waals surface area contributed by atoms with E-state index in [1.807, 2.05) is 0 Å². The molecule has 12 heavy (non-hydrogen) atoms. The molecule has 0 fully saturated rings. The summed E-state index contributed by atoms with van der Waals surface area (Å²) in [5, 5.41) is 0.436. The average Bonchev–Trinajstić information content (AvgIpc) is 2.08. The molecule has 0 aromatic carbocycles. The highest BCUT2D eigenvalue weighted by molar-refractivity contribution is 9.10. The molecule has 0 saturated carbocycles. The third kappa shape index (κ3) is 2.06. The van der Waals surface area contributed by atoms with Gasteiger partial charge < -0.3 is 5.73 Å². The van der Waals surface area contributed by atoms with Crippen molar-refractivity contribution in [3.63, 3.8) is 0 Å². The van der Waals surface area contributed by atoms with E-state index in [2.05, 4.69) is 27.5 Å². The maximum atomic E-state index is 5.73. The van der Waals surface area contributed by atoms with Gasteiger partial charge in [-0.1, -0.05) is 17.7 Å². The van der Waals surface area contributed by atoms with Crippen LogP contribution >= 0.6 is 27.5 Å². The summed E-state index contributed by atoms with van der Waals surface area (Å²) in [7, 11) is 0. The summed E-state index contributed by atoms with van der Waals surface area (Å²) in [5.41, 5.74) is 6.62. The molecular formula is C8H8BrClN2. The van der Waals surface area contributed by atoms with Crippen LogP contribution in [0.25, 0.3) is 0 Å². The second kappa shape index (κ2) is 4.03. The van der Waals surface area contributed by atoms with Gasteiger partial charge in [-0.25, -0.2) is 4.98 Å². The van der Waals surface area contributed by atoms with Crippen LogP contribution in [0.1, 0.15) is 11.6 Å². The molecular weight excluding hydrogens is 239 g/mol. The number of pyridine rings is 1. The van der Waals surface area contributed by atoms with Crippen molar-refractivity contribution in [3.05, 3.63) is 40.1 Å². The van der Waals surface area contributed by atoms with Crippen LogP contribution in [0, 0.1) is 0 Å². The molecule has 0 spiro atoms. The monoisotopic (exact) mass is 246 g/mol. The maximum Gasteiger partial charge on any atom is 0.129 e. The fraction of sp³-hybridized carbons (Fsp3) is 0.125. The second-order valence-corrected chi connectivity index (χ2v) is 3.53. The molecule has 2 N–H and O–H groups in total. The number of aromatic nitrogens is 1. The normalized spacial score (nSPS) is 12.6. The molecule has 64 valence electrons. The Balaban J connectivity index is 3.12.